The molecule has 0 saturated heterocycles. The molecule has 0 fully saturated rings. The van der Waals surface area contributed by atoms with E-state index in [1.165, 1.54) is 4.31 Å². The van der Waals surface area contributed by atoms with Crippen LogP contribution < -0.4 is 9.62 Å². The first-order valence-electron chi connectivity index (χ1n) is 9.18. The van der Waals surface area contributed by atoms with E-state index in [1.54, 1.807) is 36.4 Å². The Morgan fingerprint density at radius 1 is 0.963 bits per heavy atom. The number of amides is 1. The second-order valence-corrected chi connectivity index (χ2v) is 8.74. The molecule has 0 aliphatic carbocycles. The number of aryl methyl sites for hydroxylation is 3. The molecule has 146 valence electrons. The number of sulfonamides is 1. The predicted octanol–water partition coefficient (Wildman–Crippen LogP) is 3.72. The summed E-state index contributed by atoms with van der Waals surface area (Å²) in [4.78, 5) is 12.6. The summed E-state index contributed by atoms with van der Waals surface area (Å²) < 4.78 is 27.7. The van der Waals surface area contributed by atoms with Gasteiger partial charge in [-0.1, -0.05) is 37.1 Å². The number of hydrogen-bond acceptors (Lipinski definition) is 3. The smallest absolute Gasteiger partial charge is 0.264 e. The lowest BCUT2D eigenvalue weighted by Crippen LogP contribution is -2.41. The van der Waals surface area contributed by atoms with Crippen molar-refractivity contribution in [1.29, 1.82) is 0 Å². The van der Waals surface area contributed by atoms with E-state index in [0.717, 1.165) is 29.5 Å². The molecule has 0 saturated carbocycles. The summed E-state index contributed by atoms with van der Waals surface area (Å²) in [5, 5.41) is 2.80. The molecule has 5 nitrogen and oxygen atoms in total. The average Bonchev–Trinajstić information content (AvgIpc) is 2.59. The lowest BCUT2D eigenvalue weighted by molar-refractivity contribution is -0.119. The molecule has 0 unspecified atom stereocenters. The van der Waals surface area contributed by atoms with E-state index in [-0.39, 0.29) is 17.3 Å². The lowest BCUT2D eigenvalue weighted by Gasteiger charge is -2.25. The molecular formula is C21H28N2O3S. The zero-order chi connectivity index (χ0) is 20.0. The quantitative estimate of drug-likeness (QED) is 0.701. The molecule has 2 aromatic carbocycles. The molecule has 0 atom stereocenters. The van der Waals surface area contributed by atoms with Crippen molar-refractivity contribution in [3.8, 4) is 0 Å². The van der Waals surface area contributed by atoms with E-state index in [2.05, 4.69) is 5.32 Å². The van der Waals surface area contributed by atoms with Crippen molar-refractivity contribution in [2.45, 2.75) is 45.4 Å². The van der Waals surface area contributed by atoms with Crippen LogP contribution in [0, 0.1) is 20.8 Å². The van der Waals surface area contributed by atoms with Crippen molar-refractivity contribution < 1.29 is 13.2 Å². The van der Waals surface area contributed by atoms with Crippen LogP contribution in [0.3, 0.4) is 0 Å². The molecule has 2 aromatic rings. The first-order valence-corrected chi connectivity index (χ1v) is 10.6. The SMILES string of the molecule is CCCCNC(=O)CN(c1cc(C)cc(C)c1)S(=O)(=O)c1ccc(C)cc1. The molecule has 0 aliphatic heterocycles. The molecule has 0 aliphatic rings. The van der Waals surface area contributed by atoms with Gasteiger partial charge in [-0.05, 0) is 62.6 Å². The van der Waals surface area contributed by atoms with Gasteiger partial charge in [-0.3, -0.25) is 9.10 Å². The van der Waals surface area contributed by atoms with Crippen LogP contribution >= 0.6 is 0 Å². The third kappa shape index (κ3) is 5.57. The summed E-state index contributed by atoms with van der Waals surface area (Å²) in [5.41, 5.74) is 3.36. The van der Waals surface area contributed by atoms with Gasteiger partial charge in [0, 0.05) is 6.54 Å². The molecule has 0 radical (unpaired) electrons. The summed E-state index contributed by atoms with van der Waals surface area (Å²) in [5.74, 6) is -0.307. The molecule has 0 spiro atoms. The van der Waals surface area contributed by atoms with E-state index in [0.29, 0.717) is 12.2 Å². The lowest BCUT2D eigenvalue weighted by atomic mass is 10.1. The van der Waals surface area contributed by atoms with Gasteiger partial charge in [0.25, 0.3) is 10.0 Å². The molecule has 1 amide bonds. The van der Waals surface area contributed by atoms with E-state index < -0.39 is 10.0 Å². The van der Waals surface area contributed by atoms with Gasteiger partial charge in [0.05, 0.1) is 10.6 Å². The first-order chi connectivity index (χ1) is 12.7. The molecular weight excluding hydrogens is 360 g/mol. The van der Waals surface area contributed by atoms with E-state index in [4.69, 9.17) is 0 Å². The van der Waals surface area contributed by atoms with Crippen LogP contribution in [0.2, 0.25) is 0 Å². The maximum atomic E-state index is 13.3. The molecule has 2 rings (SSSR count). The van der Waals surface area contributed by atoms with Gasteiger partial charge >= 0.3 is 0 Å². The minimum Gasteiger partial charge on any atom is -0.355 e. The van der Waals surface area contributed by atoms with Gasteiger partial charge in [-0.15, -0.1) is 0 Å². The fourth-order valence-electron chi connectivity index (χ4n) is 2.84. The van der Waals surface area contributed by atoms with Gasteiger partial charge in [-0.25, -0.2) is 8.42 Å². The van der Waals surface area contributed by atoms with Gasteiger partial charge in [0.1, 0.15) is 6.54 Å². The second kappa shape index (κ2) is 9.04. The van der Waals surface area contributed by atoms with Crippen LogP contribution in [0.25, 0.3) is 0 Å². The number of nitrogens with zero attached hydrogens (tertiary/aromatic N) is 1. The van der Waals surface area contributed by atoms with E-state index in [9.17, 15) is 13.2 Å². The maximum Gasteiger partial charge on any atom is 0.264 e. The Labute approximate surface area is 162 Å². The molecule has 1 N–H and O–H groups in total. The molecule has 27 heavy (non-hydrogen) atoms. The Morgan fingerprint density at radius 3 is 2.11 bits per heavy atom. The number of nitrogens with one attached hydrogen (secondary N) is 1. The Kier molecular flexibility index (Phi) is 7.02. The third-order valence-electron chi connectivity index (χ3n) is 4.24. The van der Waals surface area contributed by atoms with Crippen molar-refractivity contribution >= 4 is 21.6 Å². The summed E-state index contributed by atoms with van der Waals surface area (Å²) in [6, 6.07) is 12.2. The molecule has 0 aromatic heterocycles. The summed E-state index contributed by atoms with van der Waals surface area (Å²) in [7, 11) is -3.86. The molecule has 0 bridgehead atoms. The van der Waals surface area contributed by atoms with Gasteiger partial charge in [-0.2, -0.15) is 0 Å². The van der Waals surface area contributed by atoms with Crippen molar-refractivity contribution in [2.75, 3.05) is 17.4 Å². The Balaban J connectivity index is 2.42. The second-order valence-electron chi connectivity index (χ2n) is 6.87. The van der Waals surface area contributed by atoms with Crippen LogP contribution in [-0.4, -0.2) is 27.4 Å². The first kappa shape index (κ1) is 21.0. The number of hydrogen-bond donors (Lipinski definition) is 1. The number of unbranched alkanes of at least 4 members (excludes halogenated alkanes) is 1. The van der Waals surface area contributed by atoms with E-state index >= 15 is 0 Å². The number of carbonyl (C=O) groups is 1. The summed E-state index contributed by atoms with van der Waals surface area (Å²) >= 11 is 0. The fourth-order valence-corrected chi connectivity index (χ4v) is 4.24. The number of anilines is 1. The highest BCUT2D eigenvalue weighted by Gasteiger charge is 2.27. The standard InChI is InChI=1S/C21H28N2O3S/c1-5-6-11-22-21(24)15-23(19-13-17(3)12-18(4)14-19)27(25,26)20-9-7-16(2)8-10-20/h7-10,12-14H,5-6,11,15H2,1-4H3,(H,22,24). The van der Waals surface area contributed by atoms with Gasteiger partial charge < -0.3 is 5.32 Å². The number of rotatable bonds is 8. The third-order valence-corrected chi connectivity index (χ3v) is 6.03. The predicted molar refractivity (Wildman–Crippen MR) is 110 cm³/mol. The van der Waals surface area contributed by atoms with E-state index in [1.807, 2.05) is 33.8 Å². The van der Waals surface area contributed by atoms with Gasteiger partial charge in [0.15, 0.2) is 0 Å². The van der Waals surface area contributed by atoms with Crippen LogP contribution in [0.5, 0.6) is 0 Å². The molecule has 6 heteroatoms. The fraction of sp³-hybridized carbons (Fsp3) is 0.381. The summed E-state index contributed by atoms with van der Waals surface area (Å²) in [6.07, 6.45) is 1.82. The van der Waals surface area contributed by atoms with Crippen molar-refractivity contribution in [3.05, 3.63) is 59.2 Å². The maximum absolute atomic E-state index is 13.3. The van der Waals surface area contributed by atoms with Crippen molar-refractivity contribution in [2.24, 2.45) is 0 Å². The highest BCUT2D eigenvalue weighted by Crippen LogP contribution is 2.26. The number of benzene rings is 2. The summed E-state index contributed by atoms with van der Waals surface area (Å²) in [6.45, 7) is 8.06. The molecule has 0 heterocycles. The van der Waals surface area contributed by atoms with Crippen LogP contribution in [0.4, 0.5) is 5.69 Å². The largest absolute Gasteiger partial charge is 0.355 e. The topological polar surface area (TPSA) is 66.5 Å². The average molecular weight is 389 g/mol. The van der Waals surface area contributed by atoms with Crippen molar-refractivity contribution in [3.63, 3.8) is 0 Å². The number of carbonyl (C=O) groups excluding carboxylic acids is 1. The normalized spacial score (nSPS) is 11.3. The monoisotopic (exact) mass is 388 g/mol. The van der Waals surface area contributed by atoms with Crippen LogP contribution in [0.1, 0.15) is 36.5 Å². The minimum absolute atomic E-state index is 0.175. The van der Waals surface area contributed by atoms with Gasteiger partial charge in [0.2, 0.25) is 5.91 Å². The zero-order valence-electron chi connectivity index (χ0n) is 16.5. The van der Waals surface area contributed by atoms with Crippen LogP contribution in [0.15, 0.2) is 47.4 Å². The minimum atomic E-state index is -3.86. The Hall–Kier alpha value is -2.34. The Morgan fingerprint density at radius 2 is 1.56 bits per heavy atom. The highest BCUT2D eigenvalue weighted by molar-refractivity contribution is 7.92. The van der Waals surface area contributed by atoms with Crippen LogP contribution in [-0.2, 0) is 14.8 Å². The highest BCUT2D eigenvalue weighted by atomic mass is 32.2. The van der Waals surface area contributed by atoms with Crippen molar-refractivity contribution in [1.82, 2.24) is 5.32 Å². The zero-order valence-corrected chi connectivity index (χ0v) is 17.3. The Bertz CT molecular complexity index is 870.